The molecule has 4 nitrogen and oxygen atoms in total. The summed E-state index contributed by atoms with van der Waals surface area (Å²) in [4.78, 5) is 11.9. The molecule has 1 fully saturated rings. The fraction of sp³-hybridized carbons (Fsp3) is 0.286. The normalized spacial score (nSPS) is 14.4. The SMILES string of the molecule is Cc1ccc(NC(=O)c2cc(C3CC3)on2)c(F)c1. The van der Waals surface area contributed by atoms with Crippen LogP contribution in [-0.2, 0) is 0 Å². The van der Waals surface area contributed by atoms with Gasteiger partial charge in [-0.3, -0.25) is 4.79 Å². The molecule has 1 saturated carbocycles. The zero-order chi connectivity index (χ0) is 13.4. The van der Waals surface area contributed by atoms with Crippen molar-refractivity contribution in [2.24, 2.45) is 0 Å². The molecule has 98 valence electrons. The van der Waals surface area contributed by atoms with Gasteiger partial charge in [-0.15, -0.1) is 0 Å². The minimum absolute atomic E-state index is 0.145. The van der Waals surface area contributed by atoms with Gasteiger partial charge in [0, 0.05) is 12.0 Å². The average Bonchev–Trinajstić information content (AvgIpc) is 3.10. The van der Waals surface area contributed by atoms with Crippen LogP contribution in [-0.4, -0.2) is 11.1 Å². The second kappa shape index (κ2) is 4.50. The van der Waals surface area contributed by atoms with Crippen molar-refractivity contribution < 1.29 is 13.7 Å². The van der Waals surface area contributed by atoms with Gasteiger partial charge >= 0.3 is 0 Å². The molecule has 1 aromatic carbocycles. The highest BCUT2D eigenvalue weighted by Gasteiger charge is 2.29. The van der Waals surface area contributed by atoms with Crippen LogP contribution in [0, 0.1) is 12.7 Å². The summed E-state index contributed by atoms with van der Waals surface area (Å²) in [7, 11) is 0. The summed E-state index contributed by atoms with van der Waals surface area (Å²) in [5.41, 5.74) is 1.13. The number of aryl methyl sites for hydroxylation is 1. The molecule has 0 unspecified atom stereocenters. The number of anilines is 1. The maximum absolute atomic E-state index is 13.6. The lowest BCUT2D eigenvalue weighted by Crippen LogP contribution is -2.13. The molecule has 1 amide bonds. The minimum Gasteiger partial charge on any atom is -0.360 e. The molecule has 1 aliphatic carbocycles. The third kappa shape index (κ3) is 2.50. The molecule has 0 bridgehead atoms. The summed E-state index contributed by atoms with van der Waals surface area (Å²) >= 11 is 0. The van der Waals surface area contributed by atoms with Crippen molar-refractivity contribution in [3.63, 3.8) is 0 Å². The van der Waals surface area contributed by atoms with E-state index in [2.05, 4.69) is 10.5 Å². The zero-order valence-electron chi connectivity index (χ0n) is 10.4. The Balaban J connectivity index is 1.76. The first-order chi connectivity index (χ1) is 9.13. The molecule has 0 aliphatic heterocycles. The fourth-order valence-electron chi connectivity index (χ4n) is 1.86. The van der Waals surface area contributed by atoms with Gasteiger partial charge in [0.1, 0.15) is 11.6 Å². The third-order valence-corrected chi connectivity index (χ3v) is 3.11. The van der Waals surface area contributed by atoms with Crippen LogP contribution < -0.4 is 5.32 Å². The predicted octanol–water partition coefficient (Wildman–Crippen LogP) is 3.25. The number of hydrogen-bond donors (Lipinski definition) is 1. The van der Waals surface area contributed by atoms with Crippen molar-refractivity contribution in [2.75, 3.05) is 5.32 Å². The Hall–Kier alpha value is -2.17. The Bertz CT molecular complexity index is 632. The molecule has 1 aliphatic rings. The van der Waals surface area contributed by atoms with Gasteiger partial charge < -0.3 is 9.84 Å². The van der Waals surface area contributed by atoms with E-state index in [1.165, 1.54) is 12.1 Å². The number of carbonyl (C=O) groups is 1. The van der Waals surface area contributed by atoms with Crippen molar-refractivity contribution in [1.82, 2.24) is 5.16 Å². The van der Waals surface area contributed by atoms with E-state index in [0.717, 1.165) is 24.2 Å². The lowest BCUT2D eigenvalue weighted by molar-refractivity contribution is 0.101. The minimum atomic E-state index is -0.460. The molecule has 0 saturated heterocycles. The molecule has 2 aromatic rings. The smallest absolute Gasteiger partial charge is 0.277 e. The number of hydrogen-bond acceptors (Lipinski definition) is 3. The zero-order valence-corrected chi connectivity index (χ0v) is 10.4. The van der Waals surface area contributed by atoms with Crippen molar-refractivity contribution in [3.8, 4) is 0 Å². The first kappa shape index (κ1) is 11.9. The maximum Gasteiger partial charge on any atom is 0.277 e. The van der Waals surface area contributed by atoms with Crippen LogP contribution in [0.25, 0.3) is 0 Å². The largest absolute Gasteiger partial charge is 0.360 e. The first-order valence-electron chi connectivity index (χ1n) is 6.17. The molecule has 1 aromatic heterocycles. The Morgan fingerprint density at radius 2 is 2.21 bits per heavy atom. The standard InChI is InChI=1S/C14H13FN2O2/c1-8-2-5-11(10(15)6-8)16-14(18)12-7-13(19-17-12)9-3-4-9/h2,5-7,9H,3-4H2,1H3,(H,16,18). The molecule has 5 heteroatoms. The summed E-state index contributed by atoms with van der Waals surface area (Å²) in [5, 5.41) is 6.20. The van der Waals surface area contributed by atoms with Crippen LogP contribution >= 0.6 is 0 Å². The van der Waals surface area contributed by atoms with E-state index in [4.69, 9.17) is 4.52 Å². The fourth-order valence-corrected chi connectivity index (χ4v) is 1.86. The van der Waals surface area contributed by atoms with Gasteiger partial charge in [0.25, 0.3) is 5.91 Å². The summed E-state index contributed by atoms with van der Waals surface area (Å²) in [6, 6.07) is 6.26. The lowest BCUT2D eigenvalue weighted by atomic mass is 10.2. The number of halogens is 1. The number of nitrogens with zero attached hydrogens (tertiary/aromatic N) is 1. The highest BCUT2D eigenvalue weighted by molar-refractivity contribution is 6.02. The van der Waals surface area contributed by atoms with E-state index >= 15 is 0 Å². The van der Waals surface area contributed by atoms with Gasteiger partial charge in [0.05, 0.1) is 5.69 Å². The van der Waals surface area contributed by atoms with Crippen LogP contribution in [0.5, 0.6) is 0 Å². The van der Waals surface area contributed by atoms with Gasteiger partial charge in [0.15, 0.2) is 5.69 Å². The number of benzene rings is 1. The van der Waals surface area contributed by atoms with E-state index in [1.807, 2.05) is 0 Å². The third-order valence-electron chi connectivity index (χ3n) is 3.11. The van der Waals surface area contributed by atoms with Crippen LogP contribution in [0.4, 0.5) is 10.1 Å². The second-order valence-corrected chi connectivity index (χ2v) is 4.83. The molecule has 1 N–H and O–H groups in total. The van der Waals surface area contributed by atoms with Crippen molar-refractivity contribution in [2.45, 2.75) is 25.7 Å². The average molecular weight is 260 g/mol. The molecule has 0 radical (unpaired) electrons. The van der Waals surface area contributed by atoms with Crippen LogP contribution in [0.3, 0.4) is 0 Å². The maximum atomic E-state index is 13.6. The Morgan fingerprint density at radius 3 is 2.89 bits per heavy atom. The number of rotatable bonds is 3. The van der Waals surface area contributed by atoms with E-state index in [9.17, 15) is 9.18 Å². The van der Waals surface area contributed by atoms with Crippen LogP contribution in [0.2, 0.25) is 0 Å². The van der Waals surface area contributed by atoms with E-state index in [1.54, 1.807) is 19.1 Å². The Morgan fingerprint density at radius 1 is 1.42 bits per heavy atom. The monoisotopic (exact) mass is 260 g/mol. The highest BCUT2D eigenvalue weighted by Crippen LogP contribution is 2.40. The number of nitrogens with one attached hydrogen (secondary N) is 1. The number of carbonyl (C=O) groups excluding carboxylic acids is 1. The Labute approximate surface area is 109 Å². The number of aromatic nitrogens is 1. The van der Waals surface area contributed by atoms with E-state index in [-0.39, 0.29) is 11.4 Å². The van der Waals surface area contributed by atoms with Gasteiger partial charge in [-0.25, -0.2) is 4.39 Å². The van der Waals surface area contributed by atoms with Gasteiger partial charge in [-0.1, -0.05) is 11.2 Å². The van der Waals surface area contributed by atoms with Crippen LogP contribution in [0.1, 0.15) is 40.6 Å². The molecular formula is C14H13FN2O2. The Kier molecular flexibility index (Phi) is 2.81. The highest BCUT2D eigenvalue weighted by atomic mass is 19.1. The van der Waals surface area contributed by atoms with Gasteiger partial charge in [0.2, 0.25) is 0 Å². The summed E-state index contributed by atoms with van der Waals surface area (Å²) < 4.78 is 18.7. The van der Waals surface area contributed by atoms with E-state index < -0.39 is 11.7 Å². The molecule has 3 rings (SSSR count). The first-order valence-corrected chi connectivity index (χ1v) is 6.17. The molecular weight excluding hydrogens is 247 g/mol. The van der Waals surface area contributed by atoms with Crippen molar-refractivity contribution in [3.05, 3.63) is 47.1 Å². The second-order valence-electron chi connectivity index (χ2n) is 4.83. The quantitative estimate of drug-likeness (QED) is 0.921. The summed E-state index contributed by atoms with van der Waals surface area (Å²) in [6.45, 7) is 1.79. The van der Waals surface area contributed by atoms with Crippen molar-refractivity contribution >= 4 is 11.6 Å². The predicted molar refractivity (Wildman–Crippen MR) is 67.6 cm³/mol. The van der Waals surface area contributed by atoms with Gasteiger partial charge in [-0.05, 0) is 37.5 Å². The molecule has 0 spiro atoms. The number of amides is 1. The van der Waals surface area contributed by atoms with E-state index in [0.29, 0.717) is 5.92 Å². The van der Waals surface area contributed by atoms with Crippen molar-refractivity contribution in [1.29, 1.82) is 0 Å². The summed E-state index contributed by atoms with van der Waals surface area (Å²) in [5.74, 6) is 0.206. The summed E-state index contributed by atoms with van der Waals surface area (Å²) in [6.07, 6.45) is 2.14. The molecule has 1 heterocycles. The lowest BCUT2D eigenvalue weighted by Gasteiger charge is -2.04. The van der Waals surface area contributed by atoms with Gasteiger partial charge in [-0.2, -0.15) is 0 Å². The topological polar surface area (TPSA) is 55.1 Å². The van der Waals surface area contributed by atoms with Crippen LogP contribution in [0.15, 0.2) is 28.8 Å². The molecule has 19 heavy (non-hydrogen) atoms. The molecule has 0 atom stereocenters.